The molecule has 0 bridgehead atoms. The maximum Gasteiger partial charge on any atom is 0.128 e. The van der Waals surface area contributed by atoms with Gasteiger partial charge >= 0.3 is 0 Å². The topological polar surface area (TPSA) is 35.5 Å². The Morgan fingerprint density at radius 2 is 1.41 bits per heavy atom. The van der Waals surface area contributed by atoms with Gasteiger partial charge in [0, 0.05) is 11.5 Å². The fourth-order valence-electron chi connectivity index (χ4n) is 2.97. The predicted octanol–water partition coefficient (Wildman–Crippen LogP) is 4.18. The first-order valence-electron chi connectivity index (χ1n) is 7.47. The minimum absolute atomic E-state index is 0.0462. The number of aldehydes is 1. The van der Waals surface area contributed by atoms with Crippen LogP contribution in [0.4, 0.5) is 0 Å². The van der Waals surface area contributed by atoms with Gasteiger partial charge in [-0.2, -0.15) is 0 Å². The lowest BCUT2D eigenvalue weighted by Crippen LogP contribution is -2.14. The van der Waals surface area contributed by atoms with Gasteiger partial charge in [-0.3, -0.25) is 0 Å². The van der Waals surface area contributed by atoms with Crippen molar-refractivity contribution in [3.63, 3.8) is 0 Å². The Hall–Kier alpha value is -2.29. The molecular formula is C19H22O3. The van der Waals surface area contributed by atoms with Crippen LogP contribution in [0.5, 0.6) is 11.5 Å². The minimum Gasteiger partial charge on any atom is -0.496 e. The van der Waals surface area contributed by atoms with E-state index in [0.717, 1.165) is 35.3 Å². The monoisotopic (exact) mass is 298 g/mol. The molecule has 0 amide bonds. The maximum absolute atomic E-state index is 11.9. The minimum atomic E-state index is -0.266. The summed E-state index contributed by atoms with van der Waals surface area (Å²) in [6.45, 7) is 2.09. The van der Waals surface area contributed by atoms with Crippen LogP contribution in [0.2, 0.25) is 0 Å². The summed E-state index contributed by atoms with van der Waals surface area (Å²) in [5.41, 5.74) is 1.97. The summed E-state index contributed by atoms with van der Waals surface area (Å²) in [6.07, 6.45) is 1.85. The van der Waals surface area contributed by atoms with E-state index in [9.17, 15) is 4.79 Å². The van der Waals surface area contributed by atoms with E-state index in [0.29, 0.717) is 0 Å². The summed E-state index contributed by atoms with van der Waals surface area (Å²) in [7, 11) is 3.29. The Balaban J connectivity index is 2.49. The van der Waals surface area contributed by atoms with Crippen molar-refractivity contribution in [2.45, 2.75) is 25.2 Å². The number of carbonyl (C=O) groups is 1. The molecule has 0 aliphatic rings. The molecule has 0 saturated heterocycles. The van der Waals surface area contributed by atoms with Crippen molar-refractivity contribution in [1.82, 2.24) is 0 Å². The van der Waals surface area contributed by atoms with Crippen molar-refractivity contribution >= 4 is 6.29 Å². The van der Waals surface area contributed by atoms with E-state index in [4.69, 9.17) is 9.47 Å². The predicted molar refractivity (Wildman–Crippen MR) is 87.8 cm³/mol. The van der Waals surface area contributed by atoms with E-state index in [1.807, 2.05) is 48.5 Å². The number of hydrogen-bond donors (Lipinski definition) is 0. The maximum atomic E-state index is 11.9. The summed E-state index contributed by atoms with van der Waals surface area (Å²) < 4.78 is 10.9. The van der Waals surface area contributed by atoms with Crippen molar-refractivity contribution in [1.29, 1.82) is 0 Å². The molecule has 22 heavy (non-hydrogen) atoms. The second-order valence-electron chi connectivity index (χ2n) is 5.16. The summed E-state index contributed by atoms with van der Waals surface area (Å²) in [5.74, 6) is 1.34. The molecule has 116 valence electrons. The molecule has 0 heterocycles. The SMILES string of the molecule is CCC(c1ccccc1OC)C(C=O)c1ccccc1OC. The molecule has 2 aromatic carbocycles. The van der Waals surface area contributed by atoms with E-state index < -0.39 is 0 Å². The summed E-state index contributed by atoms with van der Waals surface area (Å²) >= 11 is 0. The average Bonchev–Trinajstić information content (AvgIpc) is 2.59. The van der Waals surface area contributed by atoms with Gasteiger partial charge in [-0.25, -0.2) is 0 Å². The second kappa shape index (κ2) is 7.64. The van der Waals surface area contributed by atoms with Gasteiger partial charge in [0.05, 0.1) is 20.1 Å². The zero-order valence-corrected chi connectivity index (χ0v) is 13.3. The van der Waals surface area contributed by atoms with Crippen LogP contribution in [-0.2, 0) is 4.79 Å². The van der Waals surface area contributed by atoms with Crippen LogP contribution in [0, 0.1) is 0 Å². The zero-order valence-electron chi connectivity index (χ0n) is 13.3. The third-order valence-corrected chi connectivity index (χ3v) is 4.06. The number of benzene rings is 2. The van der Waals surface area contributed by atoms with Crippen molar-refractivity contribution in [2.75, 3.05) is 14.2 Å². The lowest BCUT2D eigenvalue weighted by molar-refractivity contribution is -0.109. The first kappa shape index (κ1) is 16.1. The first-order chi connectivity index (χ1) is 10.8. The molecule has 0 spiro atoms. The van der Waals surface area contributed by atoms with Crippen LogP contribution < -0.4 is 9.47 Å². The van der Waals surface area contributed by atoms with Gasteiger partial charge in [0.2, 0.25) is 0 Å². The van der Waals surface area contributed by atoms with E-state index in [1.54, 1.807) is 14.2 Å². The Kier molecular flexibility index (Phi) is 5.59. The van der Waals surface area contributed by atoms with Gasteiger partial charge in [-0.1, -0.05) is 43.3 Å². The highest BCUT2D eigenvalue weighted by Gasteiger charge is 2.27. The molecule has 0 fully saturated rings. The number of ether oxygens (including phenoxy) is 2. The van der Waals surface area contributed by atoms with Crippen LogP contribution in [0.1, 0.15) is 36.3 Å². The molecule has 0 aromatic heterocycles. The molecule has 2 unspecified atom stereocenters. The van der Waals surface area contributed by atoms with Crippen LogP contribution >= 0.6 is 0 Å². The van der Waals surface area contributed by atoms with Gasteiger partial charge in [0.1, 0.15) is 17.8 Å². The summed E-state index contributed by atoms with van der Waals surface area (Å²) in [5, 5.41) is 0. The highest BCUT2D eigenvalue weighted by molar-refractivity contribution is 5.67. The summed E-state index contributed by atoms with van der Waals surface area (Å²) in [4.78, 5) is 11.9. The molecule has 0 N–H and O–H groups in total. The Labute approximate surface area is 131 Å². The highest BCUT2D eigenvalue weighted by atomic mass is 16.5. The smallest absolute Gasteiger partial charge is 0.128 e. The third-order valence-electron chi connectivity index (χ3n) is 4.06. The Morgan fingerprint density at radius 3 is 1.91 bits per heavy atom. The second-order valence-corrected chi connectivity index (χ2v) is 5.16. The third kappa shape index (κ3) is 3.14. The van der Waals surface area contributed by atoms with Crippen molar-refractivity contribution in [3.05, 3.63) is 59.7 Å². The number of carbonyl (C=O) groups excluding carboxylic acids is 1. The lowest BCUT2D eigenvalue weighted by Gasteiger charge is -2.25. The fourth-order valence-corrected chi connectivity index (χ4v) is 2.97. The fraction of sp³-hybridized carbons (Fsp3) is 0.316. The molecule has 2 rings (SSSR count). The van der Waals surface area contributed by atoms with Gasteiger partial charge in [-0.15, -0.1) is 0 Å². The number of methoxy groups -OCH3 is 2. The Morgan fingerprint density at radius 1 is 0.909 bits per heavy atom. The number of hydrogen-bond acceptors (Lipinski definition) is 3. The first-order valence-corrected chi connectivity index (χ1v) is 7.47. The zero-order chi connectivity index (χ0) is 15.9. The highest BCUT2D eigenvalue weighted by Crippen LogP contribution is 2.41. The van der Waals surface area contributed by atoms with E-state index in [1.165, 1.54) is 0 Å². The normalized spacial score (nSPS) is 13.2. The molecule has 2 atom stereocenters. The van der Waals surface area contributed by atoms with Gasteiger partial charge in [0.25, 0.3) is 0 Å². The average molecular weight is 298 g/mol. The molecular weight excluding hydrogens is 276 g/mol. The standard InChI is InChI=1S/C19H22O3/c1-4-14(15-9-5-7-11-18(15)21-2)17(13-20)16-10-6-8-12-19(16)22-3/h5-14,17H,4H2,1-3H3. The quantitative estimate of drug-likeness (QED) is 0.719. The molecule has 0 saturated carbocycles. The van der Waals surface area contributed by atoms with E-state index >= 15 is 0 Å². The molecule has 0 radical (unpaired) electrons. The molecule has 2 aromatic rings. The van der Waals surface area contributed by atoms with Crippen molar-refractivity contribution in [2.24, 2.45) is 0 Å². The number of para-hydroxylation sites is 2. The van der Waals surface area contributed by atoms with E-state index in [-0.39, 0.29) is 11.8 Å². The molecule has 0 aliphatic carbocycles. The lowest BCUT2D eigenvalue weighted by atomic mass is 9.80. The number of rotatable bonds is 7. The molecule has 3 heteroatoms. The Bertz CT molecular complexity index is 622. The molecule has 0 aliphatic heterocycles. The van der Waals surface area contributed by atoms with E-state index in [2.05, 4.69) is 6.92 Å². The van der Waals surface area contributed by atoms with Crippen LogP contribution in [0.3, 0.4) is 0 Å². The van der Waals surface area contributed by atoms with Gasteiger partial charge < -0.3 is 14.3 Å². The van der Waals surface area contributed by atoms with Crippen LogP contribution in [0.15, 0.2) is 48.5 Å². The molecule has 3 nitrogen and oxygen atoms in total. The van der Waals surface area contributed by atoms with Crippen molar-refractivity contribution in [3.8, 4) is 11.5 Å². The van der Waals surface area contributed by atoms with Crippen LogP contribution in [0.25, 0.3) is 0 Å². The van der Waals surface area contributed by atoms with Gasteiger partial charge in [-0.05, 0) is 24.1 Å². The summed E-state index contributed by atoms with van der Waals surface area (Å²) in [6, 6.07) is 15.6. The van der Waals surface area contributed by atoms with Crippen molar-refractivity contribution < 1.29 is 14.3 Å². The largest absolute Gasteiger partial charge is 0.496 e. The van der Waals surface area contributed by atoms with Crippen LogP contribution in [-0.4, -0.2) is 20.5 Å². The van der Waals surface area contributed by atoms with Gasteiger partial charge in [0.15, 0.2) is 0 Å².